The molecule has 0 fully saturated rings. The number of benzene rings is 1. The van der Waals surface area contributed by atoms with Crippen LogP contribution < -0.4 is 4.72 Å². The minimum absolute atomic E-state index is 0.00127. The molecule has 0 saturated heterocycles. The van der Waals surface area contributed by atoms with Crippen molar-refractivity contribution < 1.29 is 13.0 Å². The van der Waals surface area contributed by atoms with Crippen LogP contribution in [-0.4, -0.2) is 23.7 Å². The lowest BCUT2D eigenvalue weighted by Gasteiger charge is -2.07. The van der Waals surface area contributed by atoms with Crippen LogP contribution >= 0.6 is 0 Å². The minimum atomic E-state index is -3.80. The number of anilines is 1. The van der Waals surface area contributed by atoms with Crippen molar-refractivity contribution in [3.63, 3.8) is 0 Å². The Morgan fingerprint density at radius 2 is 2.00 bits per heavy atom. The lowest BCUT2D eigenvalue weighted by Crippen LogP contribution is -2.14. The number of nitrogens with one attached hydrogen (secondary N) is 1. The Hall–Kier alpha value is -2.48. The van der Waals surface area contributed by atoms with Crippen molar-refractivity contribution in [3.8, 4) is 0 Å². The second kappa shape index (κ2) is 4.57. The predicted molar refractivity (Wildman–Crippen MR) is 71.6 cm³/mol. The largest absolute Gasteiger partial charge is 0.265 e. The van der Waals surface area contributed by atoms with E-state index in [1.54, 1.807) is 30.5 Å². The van der Waals surface area contributed by atoms with Gasteiger partial charge in [0.1, 0.15) is 16.2 Å². The van der Waals surface area contributed by atoms with Gasteiger partial charge in [-0.3, -0.25) is 4.72 Å². The summed E-state index contributed by atoms with van der Waals surface area (Å²) in [5.41, 5.74) is 1.51. The van der Waals surface area contributed by atoms with Crippen molar-refractivity contribution in [2.75, 3.05) is 4.72 Å². The summed E-state index contributed by atoms with van der Waals surface area (Å²) in [7, 11) is -3.80. The highest BCUT2D eigenvalue weighted by molar-refractivity contribution is 7.93. The highest BCUT2D eigenvalue weighted by Crippen LogP contribution is 2.21. The lowest BCUT2D eigenvalue weighted by molar-refractivity contribution is 0.315. The van der Waals surface area contributed by atoms with E-state index in [-0.39, 0.29) is 16.2 Å². The molecule has 2 aromatic heterocycles. The molecular weight excluding hydrogens is 280 g/mol. The van der Waals surface area contributed by atoms with Gasteiger partial charge in [0.25, 0.3) is 10.0 Å². The zero-order chi connectivity index (χ0) is 14.2. The van der Waals surface area contributed by atoms with E-state index in [0.29, 0.717) is 5.52 Å². The van der Waals surface area contributed by atoms with Crippen LogP contribution in [0.1, 0.15) is 5.56 Å². The third kappa shape index (κ3) is 2.21. The molecule has 3 rings (SSSR count). The fourth-order valence-corrected chi connectivity index (χ4v) is 2.88. The Balaban J connectivity index is 2.03. The summed E-state index contributed by atoms with van der Waals surface area (Å²) < 4.78 is 31.6. The molecule has 0 spiro atoms. The average Bonchev–Trinajstić information content (AvgIpc) is 2.89. The molecule has 7 nitrogen and oxygen atoms in total. The molecule has 0 unspecified atom stereocenters. The van der Waals surface area contributed by atoms with Crippen LogP contribution in [0, 0.1) is 6.92 Å². The number of sulfonamides is 1. The number of hydrogen-bond donors (Lipinski definition) is 1. The van der Waals surface area contributed by atoms with E-state index in [9.17, 15) is 8.42 Å². The van der Waals surface area contributed by atoms with E-state index < -0.39 is 10.0 Å². The summed E-state index contributed by atoms with van der Waals surface area (Å²) in [4.78, 5) is 4.01. The number of aryl methyl sites for hydroxylation is 1. The molecule has 0 aliphatic heterocycles. The predicted octanol–water partition coefficient (Wildman–Crippen LogP) is 1.73. The molecule has 0 aliphatic carbocycles. The van der Waals surface area contributed by atoms with Crippen LogP contribution in [-0.2, 0) is 10.0 Å². The highest BCUT2D eigenvalue weighted by Gasteiger charge is 2.20. The van der Waals surface area contributed by atoms with Crippen molar-refractivity contribution in [3.05, 3.63) is 42.1 Å². The van der Waals surface area contributed by atoms with Gasteiger partial charge in [0.2, 0.25) is 0 Å². The third-order valence-corrected chi connectivity index (χ3v) is 4.08. The number of nitrogens with zero attached hydrogens (tertiary/aromatic N) is 3. The summed E-state index contributed by atoms with van der Waals surface area (Å²) in [6.07, 6.45) is 1.58. The molecule has 102 valence electrons. The minimum Gasteiger partial charge on any atom is -0.263 e. The lowest BCUT2D eigenvalue weighted by atomic mass is 10.3. The molecule has 20 heavy (non-hydrogen) atoms. The molecule has 2 heterocycles. The standard InChI is InChI=1S/C12H10N4O3S/c1-8-5-6-11(13-7-8)16-20(17,18)10-4-2-3-9-12(10)15-19-14-9/h2-7H,1H3,(H,13,16). The van der Waals surface area contributed by atoms with Gasteiger partial charge >= 0.3 is 0 Å². The van der Waals surface area contributed by atoms with E-state index in [4.69, 9.17) is 0 Å². The van der Waals surface area contributed by atoms with Crippen molar-refractivity contribution in [1.29, 1.82) is 0 Å². The quantitative estimate of drug-likeness (QED) is 0.788. The van der Waals surface area contributed by atoms with Crippen LogP contribution in [0.4, 0.5) is 5.82 Å². The molecule has 0 bridgehead atoms. The monoisotopic (exact) mass is 290 g/mol. The molecule has 3 aromatic rings. The zero-order valence-corrected chi connectivity index (χ0v) is 11.3. The van der Waals surface area contributed by atoms with Gasteiger partial charge in [-0.2, -0.15) is 0 Å². The highest BCUT2D eigenvalue weighted by atomic mass is 32.2. The van der Waals surface area contributed by atoms with Gasteiger partial charge in [-0.25, -0.2) is 18.0 Å². The summed E-state index contributed by atoms with van der Waals surface area (Å²) >= 11 is 0. The summed E-state index contributed by atoms with van der Waals surface area (Å²) in [5.74, 6) is 0.240. The van der Waals surface area contributed by atoms with Crippen LogP contribution in [0.2, 0.25) is 0 Å². The van der Waals surface area contributed by atoms with Gasteiger partial charge in [-0.05, 0) is 41.0 Å². The van der Waals surface area contributed by atoms with E-state index in [2.05, 4.69) is 24.6 Å². The van der Waals surface area contributed by atoms with Gasteiger partial charge in [0.15, 0.2) is 5.52 Å². The van der Waals surface area contributed by atoms with E-state index in [1.807, 2.05) is 6.92 Å². The zero-order valence-electron chi connectivity index (χ0n) is 10.4. The van der Waals surface area contributed by atoms with Crippen molar-refractivity contribution in [2.45, 2.75) is 11.8 Å². The van der Waals surface area contributed by atoms with Crippen molar-refractivity contribution >= 4 is 26.9 Å². The molecule has 0 aliphatic rings. The summed E-state index contributed by atoms with van der Waals surface area (Å²) in [5, 5.41) is 7.23. The van der Waals surface area contributed by atoms with Crippen molar-refractivity contribution in [1.82, 2.24) is 15.3 Å². The van der Waals surface area contributed by atoms with Crippen LogP contribution in [0.3, 0.4) is 0 Å². The van der Waals surface area contributed by atoms with Gasteiger partial charge < -0.3 is 0 Å². The second-order valence-corrected chi connectivity index (χ2v) is 5.87. The number of rotatable bonds is 3. The first kappa shape index (κ1) is 12.5. The molecule has 0 amide bonds. The molecule has 1 aromatic carbocycles. The van der Waals surface area contributed by atoms with Gasteiger partial charge in [0, 0.05) is 6.20 Å². The molecule has 0 saturated carbocycles. The number of aromatic nitrogens is 3. The first-order valence-electron chi connectivity index (χ1n) is 5.73. The fourth-order valence-electron chi connectivity index (χ4n) is 1.72. The number of fused-ring (bicyclic) bond motifs is 1. The molecular formula is C12H10N4O3S. The van der Waals surface area contributed by atoms with Crippen LogP contribution in [0.5, 0.6) is 0 Å². The van der Waals surface area contributed by atoms with Gasteiger partial charge in [-0.1, -0.05) is 12.1 Å². The van der Waals surface area contributed by atoms with E-state index in [1.165, 1.54) is 6.07 Å². The Morgan fingerprint density at radius 3 is 2.75 bits per heavy atom. The maximum atomic E-state index is 12.3. The SMILES string of the molecule is Cc1ccc(NS(=O)(=O)c2cccc3nonc23)nc1. The number of hydrogen-bond acceptors (Lipinski definition) is 6. The third-order valence-electron chi connectivity index (χ3n) is 2.69. The van der Waals surface area contributed by atoms with Crippen LogP contribution in [0.25, 0.3) is 11.0 Å². The van der Waals surface area contributed by atoms with E-state index in [0.717, 1.165) is 5.56 Å². The van der Waals surface area contributed by atoms with Crippen LogP contribution in [0.15, 0.2) is 46.1 Å². The molecule has 0 radical (unpaired) electrons. The second-order valence-electron chi connectivity index (χ2n) is 4.21. The molecule has 0 atom stereocenters. The maximum Gasteiger partial charge on any atom is 0.265 e. The normalized spacial score (nSPS) is 11.7. The molecule has 8 heteroatoms. The van der Waals surface area contributed by atoms with Gasteiger partial charge in [-0.15, -0.1) is 0 Å². The Kier molecular flexibility index (Phi) is 2.87. The number of pyridine rings is 1. The van der Waals surface area contributed by atoms with Crippen molar-refractivity contribution in [2.24, 2.45) is 0 Å². The average molecular weight is 290 g/mol. The summed E-state index contributed by atoms with van der Waals surface area (Å²) in [6, 6.07) is 7.98. The first-order chi connectivity index (χ1) is 9.56. The smallest absolute Gasteiger partial charge is 0.263 e. The Labute approximate surface area is 114 Å². The van der Waals surface area contributed by atoms with E-state index >= 15 is 0 Å². The Bertz CT molecular complexity index is 856. The molecule has 1 N–H and O–H groups in total. The van der Waals surface area contributed by atoms with Gasteiger partial charge in [0.05, 0.1) is 0 Å². The Morgan fingerprint density at radius 1 is 1.15 bits per heavy atom. The maximum absolute atomic E-state index is 12.3. The summed E-state index contributed by atoms with van der Waals surface area (Å²) in [6.45, 7) is 1.87. The topological polar surface area (TPSA) is 98.0 Å². The first-order valence-corrected chi connectivity index (χ1v) is 7.21. The fraction of sp³-hybridized carbons (Fsp3) is 0.0833.